The van der Waals surface area contributed by atoms with Crippen molar-refractivity contribution in [2.45, 2.75) is 13.0 Å². The van der Waals surface area contributed by atoms with Crippen LogP contribution < -0.4 is 11.1 Å². The molecule has 20 heavy (non-hydrogen) atoms. The largest absolute Gasteiger partial charge is 0.366 e. The summed E-state index contributed by atoms with van der Waals surface area (Å²) in [4.78, 5) is 12.1. The van der Waals surface area contributed by atoms with Crippen molar-refractivity contribution in [3.8, 4) is 0 Å². The van der Waals surface area contributed by atoms with E-state index >= 15 is 0 Å². The van der Waals surface area contributed by atoms with Crippen molar-refractivity contribution < 1.29 is 4.79 Å². The Kier molecular flexibility index (Phi) is 5.43. The number of hydrogen-bond acceptors (Lipinski definition) is 3. The number of benzene rings is 1. The highest BCUT2D eigenvalue weighted by atomic mass is 35.5. The fourth-order valence-electron chi connectivity index (χ4n) is 1.76. The second-order valence-corrected chi connectivity index (χ2v) is 6.17. The Balaban J connectivity index is 1.79. The number of halogens is 2. The van der Waals surface area contributed by atoms with Crippen molar-refractivity contribution in [3.63, 3.8) is 0 Å². The Morgan fingerprint density at radius 2 is 2.10 bits per heavy atom. The predicted molar refractivity (Wildman–Crippen MR) is 84.7 cm³/mol. The van der Waals surface area contributed by atoms with Crippen molar-refractivity contribution in [1.82, 2.24) is 5.32 Å². The molecule has 0 aliphatic carbocycles. The van der Waals surface area contributed by atoms with Gasteiger partial charge in [-0.05, 0) is 36.7 Å². The first kappa shape index (κ1) is 15.3. The molecule has 1 aromatic carbocycles. The van der Waals surface area contributed by atoms with Crippen LogP contribution in [0.25, 0.3) is 0 Å². The second-order valence-electron chi connectivity index (χ2n) is 4.33. The molecule has 0 bridgehead atoms. The topological polar surface area (TPSA) is 55.1 Å². The van der Waals surface area contributed by atoms with Gasteiger partial charge in [0.05, 0.1) is 5.56 Å². The molecule has 3 nitrogen and oxygen atoms in total. The Morgan fingerprint density at radius 3 is 2.75 bits per heavy atom. The third-order valence-corrected chi connectivity index (χ3v) is 4.35. The summed E-state index contributed by atoms with van der Waals surface area (Å²) < 4.78 is 0. The van der Waals surface area contributed by atoms with Crippen LogP contribution in [0.15, 0.2) is 29.6 Å². The number of rotatable bonds is 6. The molecule has 0 saturated heterocycles. The summed E-state index contributed by atoms with van der Waals surface area (Å²) in [6, 6.07) is 7.33. The Hall–Kier alpha value is -1.07. The van der Waals surface area contributed by atoms with Gasteiger partial charge in [-0.15, -0.1) is 11.3 Å². The number of carbonyl (C=O) groups excluding carboxylic acids is 1. The number of nitrogens with one attached hydrogen (secondary N) is 1. The summed E-state index contributed by atoms with van der Waals surface area (Å²) in [5.74, 6) is -0.388. The van der Waals surface area contributed by atoms with Crippen LogP contribution in [-0.4, -0.2) is 12.5 Å². The van der Waals surface area contributed by atoms with Crippen molar-refractivity contribution in [3.05, 3.63) is 55.7 Å². The first-order chi connectivity index (χ1) is 9.56. The standard InChI is InChI=1S/C14H14Cl2N2OS/c15-11-2-1-9(13(16)6-11)3-4-18-7-12-5-10(8-20-12)14(17)19/h1-2,5-6,8,18H,3-4,7H2,(H2,17,19). The zero-order valence-electron chi connectivity index (χ0n) is 10.7. The maximum absolute atomic E-state index is 11.0. The van der Waals surface area contributed by atoms with E-state index in [9.17, 15) is 4.79 Å². The third-order valence-electron chi connectivity index (χ3n) is 2.82. The summed E-state index contributed by atoms with van der Waals surface area (Å²) >= 11 is 13.5. The summed E-state index contributed by atoms with van der Waals surface area (Å²) in [7, 11) is 0. The van der Waals surface area contributed by atoms with E-state index in [0.717, 1.165) is 23.4 Å². The average molecular weight is 329 g/mol. The molecular formula is C14H14Cl2N2OS. The van der Waals surface area contributed by atoms with Crippen LogP contribution in [0.5, 0.6) is 0 Å². The molecule has 6 heteroatoms. The monoisotopic (exact) mass is 328 g/mol. The minimum atomic E-state index is -0.388. The SMILES string of the molecule is NC(=O)c1csc(CNCCc2ccc(Cl)cc2Cl)c1. The first-order valence-corrected chi connectivity index (χ1v) is 7.71. The lowest BCUT2D eigenvalue weighted by molar-refractivity contribution is 0.100. The van der Waals surface area contributed by atoms with Crippen LogP contribution in [0, 0.1) is 0 Å². The summed E-state index contributed by atoms with van der Waals surface area (Å²) in [6.07, 6.45) is 0.823. The van der Waals surface area contributed by atoms with Gasteiger partial charge in [0.25, 0.3) is 0 Å². The summed E-state index contributed by atoms with van der Waals surface area (Å²) in [6.45, 7) is 1.51. The van der Waals surface area contributed by atoms with E-state index < -0.39 is 0 Å². The average Bonchev–Trinajstić information content (AvgIpc) is 2.85. The molecular weight excluding hydrogens is 315 g/mol. The molecule has 1 heterocycles. The number of nitrogens with two attached hydrogens (primary N) is 1. The van der Waals surface area contributed by atoms with Gasteiger partial charge in [-0.3, -0.25) is 4.79 Å². The molecule has 2 rings (SSSR count). The molecule has 0 aliphatic rings. The van der Waals surface area contributed by atoms with Crippen molar-refractivity contribution in [2.24, 2.45) is 5.73 Å². The molecule has 2 aromatic rings. The highest BCUT2D eigenvalue weighted by molar-refractivity contribution is 7.10. The summed E-state index contributed by atoms with van der Waals surface area (Å²) in [5.41, 5.74) is 6.83. The van der Waals surface area contributed by atoms with Crippen LogP contribution in [0.2, 0.25) is 10.0 Å². The molecule has 106 valence electrons. The van der Waals surface area contributed by atoms with Gasteiger partial charge in [0, 0.05) is 26.8 Å². The fraction of sp³-hybridized carbons (Fsp3) is 0.214. The van der Waals surface area contributed by atoms with Gasteiger partial charge in [-0.1, -0.05) is 29.3 Å². The van der Waals surface area contributed by atoms with Crippen molar-refractivity contribution in [2.75, 3.05) is 6.54 Å². The van der Waals surface area contributed by atoms with Gasteiger partial charge in [0.15, 0.2) is 0 Å². The number of hydrogen-bond donors (Lipinski definition) is 2. The van der Waals surface area contributed by atoms with E-state index in [4.69, 9.17) is 28.9 Å². The number of carbonyl (C=O) groups is 1. The maximum Gasteiger partial charge on any atom is 0.249 e. The lowest BCUT2D eigenvalue weighted by Gasteiger charge is -2.06. The van der Waals surface area contributed by atoms with Crippen molar-refractivity contribution >= 4 is 40.4 Å². The minimum Gasteiger partial charge on any atom is -0.366 e. The van der Waals surface area contributed by atoms with E-state index in [1.807, 2.05) is 18.2 Å². The molecule has 0 radical (unpaired) electrons. The van der Waals surface area contributed by atoms with Gasteiger partial charge >= 0.3 is 0 Å². The lowest BCUT2D eigenvalue weighted by Crippen LogP contribution is -2.16. The van der Waals surface area contributed by atoms with Gasteiger partial charge in [-0.2, -0.15) is 0 Å². The van der Waals surface area contributed by atoms with Crippen molar-refractivity contribution in [1.29, 1.82) is 0 Å². The highest BCUT2D eigenvalue weighted by Gasteiger charge is 2.05. The molecule has 3 N–H and O–H groups in total. The molecule has 0 saturated carbocycles. The molecule has 0 fully saturated rings. The molecule has 0 spiro atoms. The zero-order chi connectivity index (χ0) is 14.5. The third kappa shape index (κ3) is 4.21. The Morgan fingerprint density at radius 1 is 1.30 bits per heavy atom. The maximum atomic E-state index is 11.0. The summed E-state index contributed by atoms with van der Waals surface area (Å²) in [5, 5.41) is 6.41. The lowest BCUT2D eigenvalue weighted by atomic mass is 10.1. The Bertz CT molecular complexity index is 613. The second kappa shape index (κ2) is 7.09. The molecule has 0 aliphatic heterocycles. The number of primary amides is 1. The van der Waals surface area contributed by atoms with Crippen LogP contribution in [-0.2, 0) is 13.0 Å². The van der Waals surface area contributed by atoms with Gasteiger partial charge in [-0.25, -0.2) is 0 Å². The highest BCUT2D eigenvalue weighted by Crippen LogP contribution is 2.21. The van der Waals surface area contributed by atoms with Gasteiger partial charge < -0.3 is 11.1 Å². The van der Waals surface area contributed by atoms with Crippen LogP contribution in [0.4, 0.5) is 0 Å². The Labute approximate surface area is 131 Å². The molecule has 1 amide bonds. The van der Waals surface area contributed by atoms with Crippen LogP contribution in [0.3, 0.4) is 0 Å². The van der Waals surface area contributed by atoms with Crippen LogP contribution in [0.1, 0.15) is 20.8 Å². The predicted octanol–water partition coefficient (Wildman–Crippen LogP) is 3.49. The number of thiophene rings is 1. The fourth-order valence-corrected chi connectivity index (χ4v) is 3.11. The number of amides is 1. The smallest absolute Gasteiger partial charge is 0.249 e. The van der Waals surface area contributed by atoms with E-state index in [1.165, 1.54) is 11.3 Å². The van der Waals surface area contributed by atoms with Crippen LogP contribution >= 0.6 is 34.5 Å². The minimum absolute atomic E-state index is 0.388. The van der Waals surface area contributed by atoms with E-state index in [2.05, 4.69) is 5.32 Å². The first-order valence-electron chi connectivity index (χ1n) is 6.08. The quantitative estimate of drug-likeness (QED) is 0.797. The normalized spacial score (nSPS) is 10.7. The molecule has 0 atom stereocenters. The van der Waals surface area contributed by atoms with E-state index in [1.54, 1.807) is 11.4 Å². The van der Waals surface area contributed by atoms with E-state index in [-0.39, 0.29) is 5.91 Å². The van der Waals surface area contributed by atoms with E-state index in [0.29, 0.717) is 22.2 Å². The molecule has 0 unspecified atom stereocenters. The zero-order valence-corrected chi connectivity index (χ0v) is 13.0. The van der Waals surface area contributed by atoms with Gasteiger partial charge in [0.2, 0.25) is 5.91 Å². The van der Waals surface area contributed by atoms with Gasteiger partial charge in [0.1, 0.15) is 0 Å². The molecule has 1 aromatic heterocycles.